The van der Waals surface area contributed by atoms with E-state index in [1.165, 1.54) is 11.8 Å². The van der Waals surface area contributed by atoms with E-state index in [4.69, 9.17) is 4.74 Å². The molecule has 0 fully saturated rings. The highest BCUT2D eigenvalue weighted by atomic mass is 32.2. The van der Waals surface area contributed by atoms with Gasteiger partial charge in [-0.25, -0.2) is 4.98 Å². The van der Waals surface area contributed by atoms with Gasteiger partial charge in [0.05, 0.1) is 30.2 Å². The molecule has 0 aliphatic heterocycles. The van der Waals surface area contributed by atoms with Gasteiger partial charge in [-0.3, -0.25) is 14.7 Å². The van der Waals surface area contributed by atoms with Crippen LogP contribution in [-0.4, -0.2) is 39.9 Å². The van der Waals surface area contributed by atoms with Crippen LogP contribution in [0.4, 0.5) is 5.69 Å². The first-order valence-electron chi connectivity index (χ1n) is 11.0. The molecule has 2 amide bonds. The first kappa shape index (κ1) is 24.0. The van der Waals surface area contributed by atoms with Crippen molar-refractivity contribution in [2.45, 2.75) is 18.1 Å². The number of carbonyl (C=O) groups is 2. The van der Waals surface area contributed by atoms with Gasteiger partial charge in [-0.1, -0.05) is 54.2 Å². The van der Waals surface area contributed by atoms with Crippen LogP contribution in [0.2, 0.25) is 0 Å². The van der Waals surface area contributed by atoms with Crippen LogP contribution in [0.3, 0.4) is 0 Å². The molecule has 178 valence electrons. The molecule has 1 atom stereocenters. The average molecular weight is 488 g/mol. The molecule has 9 heteroatoms. The number of hydrogen-bond acceptors (Lipinski definition) is 6. The van der Waals surface area contributed by atoms with Crippen LogP contribution in [0.1, 0.15) is 28.9 Å². The summed E-state index contributed by atoms with van der Waals surface area (Å²) in [7, 11) is 1.61. The van der Waals surface area contributed by atoms with Crippen molar-refractivity contribution in [3.63, 3.8) is 0 Å². The Hall–Kier alpha value is -4.11. The first-order valence-corrected chi connectivity index (χ1v) is 12.0. The van der Waals surface area contributed by atoms with Crippen LogP contribution < -0.4 is 15.4 Å². The number of anilines is 1. The molecular weight excluding hydrogens is 462 g/mol. The van der Waals surface area contributed by atoms with Crippen molar-refractivity contribution in [1.82, 2.24) is 20.5 Å². The van der Waals surface area contributed by atoms with E-state index >= 15 is 0 Å². The van der Waals surface area contributed by atoms with Gasteiger partial charge >= 0.3 is 0 Å². The van der Waals surface area contributed by atoms with E-state index in [9.17, 15) is 9.59 Å². The largest absolute Gasteiger partial charge is 0.497 e. The molecule has 0 aliphatic rings. The fourth-order valence-electron chi connectivity index (χ4n) is 3.39. The minimum absolute atomic E-state index is 0.0935. The second kappa shape index (κ2) is 11.3. The van der Waals surface area contributed by atoms with Gasteiger partial charge in [0.15, 0.2) is 5.82 Å². The number of nitrogens with zero attached hydrogens (tertiary/aromatic N) is 2. The number of ether oxygens (including phenoxy) is 1. The maximum atomic E-state index is 12.9. The Labute approximate surface area is 207 Å². The Kier molecular flexibility index (Phi) is 7.79. The highest BCUT2D eigenvalue weighted by Crippen LogP contribution is 2.23. The summed E-state index contributed by atoms with van der Waals surface area (Å²) in [6, 6.07) is 23.9. The van der Waals surface area contributed by atoms with Crippen molar-refractivity contribution in [3.05, 3.63) is 90.0 Å². The van der Waals surface area contributed by atoms with E-state index in [0.717, 1.165) is 16.9 Å². The number of para-hydroxylation sites is 1. The summed E-state index contributed by atoms with van der Waals surface area (Å²) < 4.78 is 5.17. The van der Waals surface area contributed by atoms with E-state index in [2.05, 4.69) is 25.8 Å². The van der Waals surface area contributed by atoms with Gasteiger partial charge in [0, 0.05) is 5.56 Å². The Morgan fingerprint density at radius 2 is 1.71 bits per heavy atom. The number of aromatic nitrogens is 3. The van der Waals surface area contributed by atoms with Crippen LogP contribution in [-0.2, 0) is 4.79 Å². The lowest BCUT2D eigenvalue weighted by molar-refractivity contribution is -0.113. The van der Waals surface area contributed by atoms with Crippen molar-refractivity contribution in [2.75, 3.05) is 18.2 Å². The lowest BCUT2D eigenvalue weighted by Crippen LogP contribution is -2.28. The summed E-state index contributed by atoms with van der Waals surface area (Å²) in [5.74, 6) is 0.925. The van der Waals surface area contributed by atoms with Crippen LogP contribution in [0.5, 0.6) is 5.75 Å². The molecule has 1 heterocycles. The number of amides is 2. The summed E-state index contributed by atoms with van der Waals surface area (Å²) in [6.07, 6.45) is 0. The predicted octanol–water partition coefficient (Wildman–Crippen LogP) is 4.70. The standard InChI is InChI=1S/C26H25N5O3S/c1-17(18-8-4-3-5-9-18)27-25(33)21-10-6-7-11-22(21)28-23(32)16-35-26-29-24(30-31-26)19-12-14-20(34-2)15-13-19/h3-15,17H,16H2,1-2H3,(H,27,33)(H,28,32)(H,29,30,31). The lowest BCUT2D eigenvalue weighted by Gasteiger charge is -2.16. The smallest absolute Gasteiger partial charge is 0.253 e. The van der Waals surface area contributed by atoms with Gasteiger partial charge < -0.3 is 15.4 Å². The second-order valence-corrected chi connectivity index (χ2v) is 8.63. The Balaban J connectivity index is 1.35. The molecule has 3 N–H and O–H groups in total. The molecular formula is C26H25N5O3S. The number of hydrogen-bond donors (Lipinski definition) is 3. The van der Waals surface area contributed by atoms with Crippen LogP contribution in [0.15, 0.2) is 84.0 Å². The van der Waals surface area contributed by atoms with Gasteiger partial charge in [0.25, 0.3) is 5.91 Å². The number of rotatable bonds is 9. The fourth-order valence-corrected chi connectivity index (χ4v) is 3.99. The number of nitrogens with one attached hydrogen (secondary N) is 3. The Morgan fingerprint density at radius 3 is 2.46 bits per heavy atom. The molecule has 35 heavy (non-hydrogen) atoms. The third kappa shape index (κ3) is 6.27. The zero-order valence-corrected chi connectivity index (χ0v) is 20.1. The van der Waals surface area contributed by atoms with Crippen molar-refractivity contribution >= 4 is 29.3 Å². The molecule has 0 saturated carbocycles. The summed E-state index contributed by atoms with van der Waals surface area (Å²) in [6.45, 7) is 1.92. The van der Waals surface area contributed by atoms with Crippen molar-refractivity contribution < 1.29 is 14.3 Å². The van der Waals surface area contributed by atoms with Crippen LogP contribution in [0, 0.1) is 0 Å². The molecule has 0 aliphatic carbocycles. The number of thioether (sulfide) groups is 1. The molecule has 3 aromatic carbocycles. The molecule has 4 aromatic rings. The van der Waals surface area contributed by atoms with Gasteiger partial charge in [0.1, 0.15) is 5.75 Å². The summed E-state index contributed by atoms with van der Waals surface area (Å²) in [5, 5.41) is 13.3. The lowest BCUT2D eigenvalue weighted by atomic mass is 10.1. The molecule has 0 bridgehead atoms. The maximum Gasteiger partial charge on any atom is 0.253 e. The van der Waals surface area contributed by atoms with E-state index in [0.29, 0.717) is 22.2 Å². The fraction of sp³-hybridized carbons (Fsp3) is 0.154. The molecule has 1 unspecified atom stereocenters. The highest BCUT2D eigenvalue weighted by Gasteiger charge is 2.16. The third-order valence-electron chi connectivity index (χ3n) is 5.25. The number of carbonyl (C=O) groups excluding carboxylic acids is 2. The zero-order chi connectivity index (χ0) is 24.6. The molecule has 8 nitrogen and oxygen atoms in total. The number of methoxy groups -OCH3 is 1. The summed E-state index contributed by atoms with van der Waals surface area (Å²) in [5.41, 5.74) is 2.71. The van der Waals surface area contributed by atoms with Crippen molar-refractivity contribution in [2.24, 2.45) is 0 Å². The van der Waals surface area contributed by atoms with E-state index in [-0.39, 0.29) is 23.6 Å². The minimum Gasteiger partial charge on any atom is -0.497 e. The predicted molar refractivity (Wildman–Crippen MR) is 136 cm³/mol. The minimum atomic E-state index is -0.262. The van der Waals surface area contributed by atoms with Gasteiger partial charge in [-0.15, -0.1) is 5.10 Å². The Bertz CT molecular complexity index is 1290. The SMILES string of the molecule is COc1ccc(-c2nc(SCC(=O)Nc3ccccc3C(=O)NC(C)c3ccccc3)n[nH]2)cc1. The second-order valence-electron chi connectivity index (χ2n) is 7.68. The normalized spacial score (nSPS) is 11.5. The maximum absolute atomic E-state index is 12.9. The van der Waals surface area contributed by atoms with Gasteiger partial charge in [-0.05, 0) is 48.9 Å². The van der Waals surface area contributed by atoms with E-state index < -0.39 is 0 Å². The van der Waals surface area contributed by atoms with Gasteiger partial charge in [0.2, 0.25) is 11.1 Å². The molecule has 0 spiro atoms. The number of aromatic amines is 1. The van der Waals surface area contributed by atoms with Crippen LogP contribution in [0.25, 0.3) is 11.4 Å². The highest BCUT2D eigenvalue weighted by molar-refractivity contribution is 7.99. The molecule has 1 aromatic heterocycles. The summed E-state index contributed by atoms with van der Waals surface area (Å²) in [4.78, 5) is 29.9. The van der Waals surface area contributed by atoms with E-state index in [1.54, 1.807) is 31.4 Å². The van der Waals surface area contributed by atoms with E-state index in [1.807, 2.05) is 61.5 Å². The molecule has 4 rings (SSSR count). The monoisotopic (exact) mass is 487 g/mol. The molecule has 0 saturated heterocycles. The average Bonchev–Trinajstić information content (AvgIpc) is 3.37. The number of H-pyrrole nitrogens is 1. The quantitative estimate of drug-likeness (QED) is 0.295. The van der Waals surface area contributed by atoms with Crippen molar-refractivity contribution in [1.29, 1.82) is 0 Å². The third-order valence-corrected chi connectivity index (χ3v) is 6.10. The Morgan fingerprint density at radius 1 is 1.00 bits per heavy atom. The summed E-state index contributed by atoms with van der Waals surface area (Å²) >= 11 is 1.20. The van der Waals surface area contributed by atoms with Crippen LogP contribution >= 0.6 is 11.8 Å². The zero-order valence-electron chi connectivity index (χ0n) is 19.3. The number of benzene rings is 3. The molecule has 0 radical (unpaired) electrons. The first-order chi connectivity index (χ1) is 17.0. The van der Waals surface area contributed by atoms with Crippen molar-refractivity contribution in [3.8, 4) is 17.1 Å². The topological polar surface area (TPSA) is 109 Å². The van der Waals surface area contributed by atoms with Gasteiger partial charge in [-0.2, -0.15) is 0 Å².